The van der Waals surface area contributed by atoms with Crippen LogP contribution in [-0.2, 0) is 14.8 Å². The molecule has 1 amide bonds. The number of nitro groups is 1. The number of piperidine rings is 1. The summed E-state index contributed by atoms with van der Waals surface area (Å²) < 4.78 is 27.5. The van der Waals surface area contributed by atoms with E-state index >= 15 is 0 Å². The number of fused-ring (bicyclic) bond motifs is 1. The molecule has 3 aromatic rings. The molecular formula is C17H16N4O5S3. The molecule has 1 aliphatic heterocycles. The number of nitrogens with zero attached hydrogens (tertiary/aromatic N) is 3. The lowest BCUT2D eigenvalue weighted by molar-refractivity contribution is -0.384. The number of anilines is 1. The lowest BCUT2D eigenvalue weighted by Gasteiger charge is -2.29. The van der Waals surface area contributed by atoms with Gasteiger partial charge in [0, 0.05) is 31.1 Å². The predicted molar refractivity (Wildman–Crippen MR) is 111 cm³/mol. The van der Waals surface area contributed by atoms with Gasteiger partial charge in [-0.15, -0.1) is 11.3 Å². The Balaban J connectivity index is 1.40. The smallest absolute Gasteiger partial charge is 0.270 e. The van der Waals surface area contributed by atoms with Gasteiger partial charge in [-0.25, -0.2) is 13.4 Å². The third-order valence-electron chi connectivity index (χ3n) is 4.73. The lowest BCUT2D eigenvalue weighted by atomic mass is 9.97. The molecule has 2 aromatic heterocycles. The number of carbonyl (C=O) groups is 1. The van der Waals surface area contributed by atoms with E-state index in [1.54, 1.807) is 23.6 Å². The fraction of sp³-hybridized carbons (Fsp3) is 0.294. The number of hydrogen-bond donors (Lipinski definition) is 1. The molecule has 0 saturated carbocycles. The highest BCUT2D eigenvalue weighted by molar-refractivity contribution is 7.91. The molecule has 0 radical (unpaired) electrons. The van der Waals surface area contributed by atoms with E-state index in [-0.39, 0.29) is 30.6 Å². The van der Waals surface area contributed by atoms with Gasteiger partial charge in [-0.05, 0) is 30.4 Å². The van der Waals surface area contributed by atoms with Gasteiger partial charge in [-0.1, -0.05) is 17.4 Å². The Kier molecular flexibility index (Phi) is 5.34. The number of nitrogens with one attached hydrogen (secondary N) is 1. The highest BCUT2D eigenvalue weighted by Crippen LogP contribution is 2.31. The molecule has 0 atom stereocenters. The minimum Gasteiger partial charge on any atom is -0.302 e. The lowest BCUT2D eigenvalue weighted by Crippen LogP contribution is -2.41. The van der Waals surface area contributed by atoms with Crippen LogP contribution in [0.5, 0.6) is 0 Å². The van der Waals surface area contributed by atoms with Gasteiger partial charge in [0.15, 0.2) is 5.13 Å². The number of rotatable bonds is 5. The summed E-state index contributed by atoms with van der Waals surface area (Å²) in [6.45, 7) is 0.564. The van der Waals surface area contributed by atoms with E-state index in [2.05, 4.69) is 10.3 Å². The summed E-state index contributed by atoms with van der Waals surface area (Å²) in [6, 6.07) is 7.63. The Morgan fingerprint density at radius 1 is 1.28 bits per heavy atom. The van der Waals surface area contributed by atoms with Gasteiger partial charge in [-0.3, -0.25) is 14.9 Å². The van der Waals surface area contributed by atoms with Gasteiger partial charge in [0.25, 0.3) is 15.7 Å². The summed E-state index contributed by atoms with van der Waals surface area (Å²) in [7, 11) is -3.50. The first-order valence-electron chi connectivity index (χ1n) is 8.74. The van der Waals surface area contributed by atoms with E-state index < -0.39 is 14.9 Å². The van der Waals surface area contributed by atoms with E-state index in [9.17, 15) is 23.3 Å². The van der Waals surface area contributed by atoms with Crippen LogP contribution in [0.25, 0.3) is 10.2 Å². The molecule has 1 saturated heterocycles. The Bertz CT molecular complexity index is 1170. The summed E-state index contributed by atoms with van der Waals surface area (Å²) >= 11 is 2.35. The van der Waals surface area contributed by atoms with Gasteiger partial charge in [0.1, 0.15) is 4.21 Å². The van der Waals surface area contributed by atoms with E-state index in [4.69, 9.17) is 0 Å². The molecule has 3 heterocycles. The predicted octanol–water partition coefficient (Wildman–Crippen LogP) is 3.31. The Morgan fingerprint density at radius 2 is 2.03 bits per heavy atom. The highest BCUT2D eigenvalue weighted by atomic mass is 32.2. The molecular weight excluding hydrogens is 436 g/mol. The maximum Gasteiger partial charge on any atom is 0.270 e. The SMILES string of the molecule is O=C(Nc1nc2ccc([N+](=O)[O-])cc2s1)C1CCN(S(=O)(=O)c2cccs2)CC1. The first kappa shape index (κ1) is 19.9. The summed E-state index contributed by atoms with van der Waals surface area (Å²) in [6.07, 6.45) is 0.847. The van der Waals surface area contributed by atoms with E-state index in [1.807, 2.05) is 0 Å². The number of thiazole rings is 1. The normalized spacial score (nSPS) is 16.1. The third-order valence-corrected chi connectivity index (χ3v) is 8.93. The molecule has 1 aromatic carbocycles. The maximum absolute atomic E-state index is 12.6. The zero-order chi connectivity index (χ0) is 20.6. The van der Waals surface area contributed by atoms with Crippen molar-refractivity contribution in [3.63, 3.8) is 0 Å². The quantitative estimate of drug-likeness (QED) is 0.468. The van der Waals surface area contributed by atoms with Gasteiger partial charge in [0.05, 0.1) is 15.1 Å². The number of benzene rings is 1. The second kappa shape index (κ2) is 7.78. The summed E-state index contributed by atoms with van der Waals surface area (Å²) in [5.74, 6) is -0.530. The zero-order valence-electron chi connectivity index (χ0n) is 15.0. The van der Waals surface area contributed by atoms with E-state index in [1.165, 1.54) is 39.1 Å². The van der Waals surface area contributed by atoms with Gasteiger partial charge in [0.2, 0.25) is 5.91 Å². The van der Waals surface area contributed by atoms with Gasteiger partial charge in [-0.2, -0.15) is 4.31 Å². The zero-order valence-corrected chi connectivity index (χ0v) is 17.4. The van der Waals surface area contributed by atoms with Crippen LogP contribution in [0.15, 0.2) is 39.9 Å². The molecule has 0 unspecified atom stereocenters. The molecule has 1 fully saturated rings. The largest absolute Gasteiger partial charge is 0.302 e. The van der Waals surface area contributed by atoms with Crippen LogP contribution in [0.4, 0.5) is 10.8 Å². The third kappa shape index (κ3) is 4.01. The Hall–Kier alpha value is -2.41. The molecule has 1 N–H and O–H groups in total. The fourth-order valence-corrected chi connectivity index (χ4v) is 6.70. The Morgan fingerprint density at radius 3 is 2.69 bits per heavy atom. The van der Waals surface area contributed by atoms with Crippen LogP contribution < -0.4 is 5.32 Å². The van der Waals surface area contributed by atoms with Crippen molar-refractivity contribution in [3.8, 4) is 0 Å². The summed E-state index contributed by atoms with van der Waals surface area (Å²) in [5.41, 5.74) is 0.547. The average Bonchev–Trinajstić information content (AvgIpc) is 3.37. The van der Waals surface area contributed by atoms with Crippen LogP contribution in [0.2, 0.25) is 0 Å². The minimum absolute atomic E-state index is 0.0293. The minimum atomic E-state index is -3.50. The van der Waals surface area contributed by atoms with Crippen molar-refractivity contribution in [2.45, 2.75) is 17.1 Å². The molecule has 1 aliphatic rings. The van der Waals surface area contributed by atoms with Crippen LogP contribution in [0, 0.1) is 16.0 Å². The number of aromatic nitrogens is 1. The van der Waals surface area contributed by atoms with Crippen LogP contribution >= 0.6 is 22.7 Å². The number of non-ortho nitro benzene ring substituents is 1. The number of carbonyl (C=O) groups excluding carboxylic acids is 1. The van der Waals surface area contributed by atoms with E-state index in [0.717, 1.165) is 0 Å². The number of hydrogen-bond acceptors (Lipinski definition) is 8. The number of sulfonamides is 1. The summed E-state index contributed by atoms with van der Waals surface area (Å²) in [5, 5.41) is 15.7. The van der Waals surface area contributed by atoms with Gasteiger partial charge >= 0.3 is 0 Å². The van der Waals surface area contributed by atoms with Crippen molar-refractivity contribution in [2.75, 3.05) is 18.4 Å². The second-order valence-electron chi connectivity index (χ2n) is 6.53. The van der Waals surface area contributed by atoms with Crippen molar-refractivity contribution in [2.24, 2.45) is 5.92 Å². The van der Waals surface area contributed by atoms with Crippen molar-refractivity contribution in [1.29, 1.82) is 0 Å². The van der Waals surface area contributed by atoms with Crippen molar-refractivity contribution >= 4 is 59.6 Å². The van der Waals surface area contributed by atoms with Crippen LogP contribution in [-0.4, -0.2) is 41.6 Å². The maximum atomic E-state index is 12.6. The van der Waals surface area contributed by atoms with Crippen molar-refractivity contribution in [3.05, 3.63) is 45.8 Å². The first-order chi connectivity index (χ1) is 13.8. The molecule has 0 spiro atoms. The van der Waals surface area contributed by atoms with Crippen LogP contribution in [0.3, 0.4) is 0 Å². The molecule has 29 heavy (non-hydrogen) atoms. The molecule has 9 nitrogen and oxygen atoms in total. The standard InChI is InChI=1S/C17H16N4O5S3/c22-16(19-17-18-13-4-3-12(21(23)24)10-14(13)28-17)11-5-7-20(8-6-11)29(25,26)15-2-1-9-27-15/h1-4,9-11H,5-8H2,(H,18,19,22). The van der Waals surface area contributed by atoms with Crippen LogP contribution in [0.1, 0.15) is 12.8 Å². The highest BCUT2D eigenvalue weighted by Gasteiger charge is 2.32. The monoisotopic (exact) mass is 452 g/mol. The molecule has 12 heteroatoms. The first-order valence-corrected chi connectivity index (χ1v) is 11.9. The topological polar surface area (TPSA) is 123 Å². The Labute approximate surface area is 174 Å². The molecule has 0 aliphatic carbocycles. The fourth-order valence-electron chi connectivity index (χ4n) is 3.18. The molecule has 4 rings (SSSR count). The van der Waals surface area contributed by atoms with Crippen molar-refractivity contribution in [1.82, 2.24) is 9.29 Å². The summed E-state index contributed by atoms with van der Waals surface area (Å²) in [4.78, 5) is 27.3. The number of amides is 1. The molecule has 152 valence electrons. The average molecular weight is 453 g/mol. The number of nitro benzene ring substituents is 1. The van der Waals surface area contributed by atoms with Crippen molar-refractivity contribution < 1.29 is 18.1 Å². The van der Waals surface area contributed by atoms with Gasteiger partial charge < -0.3 is 5.32 Å². The number of thiophene rings is 1. The molecule has 0 bridgehead atoms. The van der Waals surface area contributed by atoms with E-state index in [0.29, 0.717) is 32.4 Å². The second-order valence-corrected chi connectivity index (χ2v) is 10.7.